The maximum atomic E-state index is 11.5. The molecule has 0 aromatic rings. The minimum atomic E-state index is -2.86. The molecule has 0 aromatic carbocycles. The summed E-state index contributed by atoms with van der Waals surface area (Å²) in [6, 6.07) is 0.530. The van der Waals surface area contributed by atoms with Gasteiger partial charge in [-0.2, -0.15) is 0 Å². The SMILES string of the molecule is CCS(=O)(=O)CC(C)NC1CCCC1(C)C. The molecule has 0 radical (unpaired) electrons. The highest BCUT2D eigenvalue weighted by molar-refractivity contribution is 7.91. The summed E-state index contributed by atoms with van der Waals surface area (Å²) in [4.78, 5) is 0. The lowest BCUT2D eigenvalue weighted by Crippen LogP contribution is -2.45. The van der Waals surface area contributed by atoms with E-state index in [4.69, 9.17) is 0 Å². The Labute approximate surface area is 99.9 Å². The van der Waals surface area contributed by atoms with Crippen molar-refractivity contribution in [2.75, 3.05) is 11.5 Å². The van der Waals surface area contributed by atoms with Gasteiger partial charge in [0.05, 0.1) is 5.75 Å². The average molecular weight is 247 g/mol. The Morgan fingerprint density at radius 3 is 2.50 bits per heavy atom. The van der Waals surface area contributed by atoms with Crippen molar-refractivity contribution < 1.29 is 8.42 Å². The van der Waals surface area contributed by atoms with Gasteiger partial charge in [0.25, 0.3) is 0 Å². The van der Waals surface area contributed by atoms with Gasteiger partial charge >= 0.3 is 0 Å². The van der Waals surface area contributed by atoms with E-state index in [2.05, 4.69) is 19.2 Å². The van der Waals surface area contributed by atoms with E-state index in [0.29, 0.717) is 11.5 Å². The van der Waals surface area contributed by atoms with Gasteiger partial charge in [-0.05, 0) is 25.2 Å². The molecular formula is C12H25NO2S. The van der Waals surface area contributed by atoms with Crippen LogP contribution in [0.2, 0.25) is 0 Å². The van der Waals surface area contributed by atoms with E-state index in [0.717, 1.165) is 0 Å². The molecular weight excluding hydrogens is 222 g/mol. The van der Waals surface area contributed by atoms with Crippen molar-refractivity contribution in [2.45, 2.75) is 59.0 Å². The minimum Gasteiger partial charge on any atom is -0.310 e. The van der Waals surface area contributed by atoms with Crippen molar-refractivity contribution in [3.8, 4) is 0 Å². The molecule has 1 aliphatic carbocycles. The normalized spacial score (nSPS) is 26.9. The van der Waals surface area contributed by atoms with Crippen LogP contribution in [-0.4, -0.2) is 32.0 Å². The minimum absolute atomic E-state index is 0.0623. The summed E-state index contributed by atoms with van der Waals surface area (Å²) in [6.07, 6.45) is 3.65. The first-order valence-corrected chi connectivity index (χ1v) is 8.05. The molecule has 0 bridgehead atoms. The van der Waals surface area contributed by atoms with Crippen molar-refractivity contribution in [2.24, 2.45) is 5.41 Å². The summed E-state index contributed by atoms with van der Waals surface area (Å²) in [7, 11) is -2.86. The first-order chi connectivity index (χ1) is 7.27. The Morgan fingerprint density at radius 2 is 2.06 bits per heavy atom. The summed E-state index contributed by atoms with van der Waals surface area (Å²) in [5.41, 5.74) is 0.310. The number of nitrogens with one attached hydrogen (secondary N) is 1. The van der Waals surface area contributed by atoms with Crippen LogP contribution >= 0.6 is 0 Å². The number of sulfone groups is 1. The number of hydrogen-bond acceptors (Lipinski definition) is 3. The Morgan fingerprint density at radius 1 is 1.44 bits per heavy atom. The summed E-state index contributed by atoms with van der Waals surface area (Å²) in [6.45, 7) is 8.21. The summed E-state index contributed by atoms with van der Waals surface area (Å²) in [5.74, 6) is 0.503. The van der Waals surface area contributed by atoms with Gasteiger partial charge < -0.3 is 5.32 Å². The molecule has 2 atom stereocenters. The quantitative estimate of drug-likeness (QED) is 0.808. The molecule has 1 aliphatic rings. The highest BCUT2D eigenvalue weighted by atomic mass is 32.2. The topological polar surface area (TPSA) is 46.2 Å². The summed E-state index contributed by atoms with van der Waals surface area (Å²) in [5, 5.41) is 3.48. The molecule has 1 N–H and O–H groups in total. The third kappa shape index (κ3) is 3.74. The second-order valence-electron chi connectivity index (χ2n) is 5.70. The van der Waals surface area contributed by atoms with Crippen molar-refractivity contribution in [3.63, 3.8) is 0 Å². The van der Waals surface area contributed by atoms with Gasteiger partial charge in [-0.25, -0.2) is 8.42 Å². The largest absolute Gasteiger partial charge is 0.310 e. The smallest absolute Gasteiger partial charge is 0.151 e. The van der Waals surface area contributed by atoms with Crippen LogP contribution in [0.25, 0.3) is 0 Å². The lowest BCUT2D eigenvalue weighted by atomic mass is 9.87. The zero-order valence-corrected chi connectivity index (χ0v) is 11.7. The molecule has 0 heterocycles. The van der Waals surface area contributed by atoms with Crippen molar-refractivity contribution in [1.29, 1.82) is 0 Å². The highest BCUT2D eigenvalue weighted by Gasteiger charge is 2.35. The van der Waals surface area contributed by atoms with E-state index < -0.39 is 9.84 Å². The molecule has 4 heteroatoms. The van der Waals surface area contributed by atoms with E-state index in [1.54, 1.807) is 6.92 Å². The third-order valence-electron chi connectivity index (χ3n) is 3.69. The molecule has 16 heavy (non-hydrogen) atoms. The second-order valence-corrected chi connectivity index (χ2v) is 8.10. The predicted octanol–water partition coefficient (Wildman–Crippen LogP) is 1.98. The molecule has 1 fully saturated rings. The first-order valence-electron chi connectivity index (χ1n) is 6.23. The molecule has 3 nitrogen and oxygen atoms in total. The number of rotatable bonds is 5. The molecule has 0 saturated heterocycles. The maximum absolute atomic E-state index is 11.5. The van der Waals surface area contributed by atoms with E-state index in [1.165, 1.54) is 19.3 Å². The van der Waals surface area contributed by atoms with Crippen LogP contribution in [-0.2, 0) is 9.84 Å². The van der Waals surface area contributed by atoms with Gasteiger partial charge in [-0.3, -0.25) is 0 Å². The zero-order valence-electron chi connectivity index (χ0n) is 10.9. The maximum Gasteiger partial charge on any atom is 0.151 e. The van der Waals surface area contributed by atoms with Gasteiger partial charge in [0, 0.05) is 17.8 Å². The van der Waals surface area contributed by atoms with Gasteiger partial charge in [0.2, 0.25) is 0 Å². The van der Waals surface area contributed by atoms with E-state index in [9.17, 15) is 8.42 Å². The Balaban J connectivity index is 2.49. The van der Waals surface area contributed by atoms with Gasteiger partial charge in [-0.15, -0.1) is 0 Å². The van der Waals surface area contributed by atoms with Crippen molar-refractivity contribution in [3.05, 3.63) is 0 Å². The van der Waals surface area contributed by atoms with Crippen LogP contribution in [0.3, 0.4) is 0 Å². The predicted molar refractivity (Wildman–Crippen MR) is 68.3 cm³/mol. The molecule has 0 aromatic heterocycles. The molecule has 1 rings (SSSR count). The molecule has 1 saturated carbocycles. The van der Waals surface area contributed by atoms with Gasteiger partial charge in [-0.1, -0.05) is 27.2 Å². The van der Waals surface area contributed by atoms with Crippen LogP contribution < -0.4 is 5.32 Å². The van der Waals surface area contributed by atoms with Crippen molar-refractivity contribution in [1.82, 2.24) is 5.32 Å². The molecule has 0 amide bonds. The summed E-state index contributed by atoms with van der Waals surface area (Å²) >= 11 is 0. The lowest BCUT2D eigenvalue weighted by molar-refractivity contribution is 0.270. The molecule has 96 valence electrons. The highest BCUT2D eigenvalue weighted by Crippen LogP contribution is 2.37. The lowest BCUT2D eigenvalue weighted by Gasteiger charge is -2.30. The van der Waals surface area contributed by atoms with Gasteiger partial charge in [0.15, 0.2) is 9.84 Å². The Bertz CT molecular complexity index is 322. The van der Waals surface area contributed by atoms with E-state index in [1.807, 2.05) is 6.92 Å². The first kappa shape index (κ1) is 14.0. The fourth-order valence-corrected chi connectivity index (χ4v) is 3.62. The monoisotopic (exact) mass is 247 g/mol. The third-order valence-corrected chi connectivity index (χ3v) is 5.57. The summed E-state index contributed by atoms with van der Waals surface area (Å²) < 4.78 is 23.0. The molecule has 2 unspecified atom stereocenters. The van der Waals surface area contributed by atoms with Crippen LogP contribution in [0.1, 0.15) is 47.0 Å². The molecule has 0 aliphatic heterocycles. The standard InChI is InChI=1S/C12H25NO2S/c1-5-16(14,15)9-10(2)13-11-7-6-8-12(11,3)4/h10-11,13H,5-9H2,1-4H3. The van der Waals surface area contributed by atoms with E-state index >= 15 is 0 Å². The zero-order chi connectivity index (χ0) is 12.4. The second kappa shape index (κ2) is 5.05. The van der Waals surface area contributed by atoms with E-state index in [-0.39, 0.29) is 17.5 Å². The average Bonchev–Trinajstić information content (AvgIpc) is 2.45. The Kier molecular flexibility index (Phi) is 4.41. The number of hydrogen-bond donors (Lipinski definition) is 1. The van der Waals surface area contributed by atoms with Crippen molar-refractivity contribution >= 4 is 9.84 Å². The van der Waals surface area contributed by atoms with Crippen LogP contribution in [0, 0.1) is 5.41 Å². The van der Waals surface area contributed by atoms with Gasteiger partial charge in [0.1, 0.15) is 0 Å². The van der Waals surface area contributed by atoms with Crippen LogP contribution in [0.5, 0.6) is 0 Å². The fourth-order valence-electron chi connectivity index (χ4n) is 2.53. The Hall–Kier alpha value is -0.0900. The molecule has 0 spiro atoms. The fraction of sp³-hybridized carbons (Fsp3) is 1.00. The van der Waals surface area contributed by atoms with Crippen LogP contribution in [0.15, 0.2) is 0 Å². The van der Waals surface area contributed by atoms with Crippen LogP contribution in [0.4, 0.5) is 0 Å².